The second-order valence-electron chi connectivity index (χ2n) is 6.69. The van der Waals surface area contributed by atoms with Crippen LogP contribution in [0.5, 0.6) is 0 Å². The van der Waals surface area contributed by atoms with Gasteiger partial charge in [0.05, 0.1) is 23.4 Å². The van der Waals surface area contributed by atoms with E-state index in [4.69, 9.17) is 4.52 Å². The van der Waals surface area contributed by atoms with Gasteiger partial charge in [0.2, 0.25) is 0 Å². The van der Waals surface area contributed by atoms with Crippen molar-refractivity contribution in [1.29, 1.82) is 0 Å². The molecule has 30 heavy (non-hydrogen) atoms. The van der Waals surface area contributed by atoms with Crippen molar-refractivity contribution in [3.63, 3.8) is 0 Å². The maximum absolute atomic E-state index is 13.3. The van der Waals surface area contributed by atoms with Crippen LogP contribution in [0.25, 0.3) is 0 Å². The smallest absolute Gasteiger partial charge is 0.361 e. The van der Waals surface area contributed by atoms with Crippen LogP contribution >= 0.6 is 11.3 Å². The summed E-state index contributed by atoms with van der Waals surface area (Å²) >= 11 is 1.17. The standard InChI is InChI=1S/C19H15F3N4O3S/c1-10-8-14(25-29-10)16(27)24-18-23-13-6-7-26(9-15(13)30-18)17(28)11-4-2-3-5-12(11)19(20,21)22/h2-5,8H,6-7,9H2,1H3,(H,23,24,27). The molecule has 0 saturated heterocycles. The lowest BCUT2D eigenvalue weighted by atomic mass is 10.0. The minimum atomic E-state index is -4.62. The summed E-state index contributed by atoms with van der Waals surface area (Å²) in [4.78, 5) is 31.4. The fourth-order valence-corrected chi connectivity index (χ4v) is 4.16. The van der Waals surface area contributed by atoms with Crippen molar-refractivity contribution in [3.8, 4) is 0 Å². The van der Waals surface area contributed by atoms with Gasteiger partial charge in [0.25, 0.3) is 11.8 Å². The molecule has 0 saturated carbocycles. The van der Waals surface area contributed by atoms with Crippen LogP contribution < -0.4 is 5.32 Å². The van der Waals surface area contributed by atoms with Crippen LogP contribution in [-0.4, -0.2) is 33.4 Å². The van der Waals surface area contributed by atoms with Crippen molar-refractivity contribution in [2.45, 2.75) is 26.1 Å². The van der Waals surface area contributed by atoms with Gasteiger partial charge in [0, 0.05) is 23.9 Å². The molecule has 3 heterocycles. The summed E-state index contributed by atoms with van der Waals surface area (Å²) in [5, 5.41) is 6.59. The molecule has 2 amide bonds. The number of carbonyl (C=O) groups is 2. The van der Waals surface area contributed by atoms with Crippen molar-refractivity contribution in [3.05, 3.63) is 63.5 Å². The van der Waals surface area contributed by atoms with E-state index in [1.54, 1.807) is 6.92 Å². The minimum absolute atomic E-state index is 0.112. The topological polar surface area (TPSA) is 88.3 Å². The minimum Gasteiger partial charge on any atom is -0.361 e. The number of aromatic nitrogens is 2. The van der Waals surface area contributed by atoms with Crippen molar-refractivity contribution in [2.24, 2.45) is 0 Å². The third-order valence-electron chi connectivity index (χ3n) is 4.56. The number of anilines is 1. The summed E-state index contributed by atoms with van der Waals surface area (Å²) in [7, 11) is 0. The summed E-state index contributed by atoms with van der Waals surface area (Å²) in [5.74, 6) is -0.678. The van der Waals surface area contributed by atoms with Gasteiger partial charge in [-0.15, -0.1) is 0 Å². The predicted octanol–water partition coefficient (Wildman–Crippen LogP) is 3.91. The lowest BCUT2D eigenvalue weighted by Gasteiger charge is -2.27. The number of aryl methyl sites for hydroxylation is 1. The highest BCUT2D eigenvalue weighted by Gasteiger charge is 2.36. The maximum Gasteiger partial charge on any atom is 0.417 e. The molecule has 1 aliphatic heterocycles. The van der Waals surface area contributed by atoms with Gasteiger partial charge >= 0.3 is 6.18 Å². The molecule has 0 aliphatic carbocycles. The third kappa shape index (κ3) is 3.92. The first kappa shape index (κ1) is 20.1. The van der Waals surface area contributed by atoms with Crippen LogP contribution in [0.1, 0.15) is 42.7 Å². The highest BCUT2D eigenvalue weighted by atomic mass is 32.1. The molecule has 11 heteroatoms. The van der Waals surface area contributed by atoms with Gasteiger partial charge in [-0.25, -0.2) is 4.98 Å². The molecule has 2 aromatic heterocycles. The Bertz CT molecular complexity index is 1120. The number of hydrogen-bond acceptors (Lipinski definition) is 6. The van der Waals surface area contributed by atoms with E-state index in [0.717, 1.165) is 6.07 Å². The molecule has 1 aliphatic rings. The van der Waals surface area contributed by atoms with Crippen LogP contribution in [0, 0.1) is 6.92 Å². The summed E-state index contributed by atoms with van der Waals surface area (Å²) in [6.45, 7) is 2.02. The highest BCUT2D eigenvalue weighted by Crippen LogP contribution is 2.34. The van der Waals surface area contributed by atoms with Crippen LogP contribution in [0.15, 0.2) is 34.9 Å². The van der Waals surface area contributed by atoms with Gasteiger partial charge in [-0.1, -0.05) is 28.6 Å². The first-order valence-electron chi connectivity index (χ1n) is 8.91. The van der Waals surface area contributed by atoms with Crippen LogP contribution in [0.4, 0.5) is 18.3 Å². The van der Waals surface area contributed by atoms with Gasteiger partial charge in [0.15, 0.2) is 10.8 Å². The van der Waals surface area contributed by atoms with Crippen LogP contribution in [0.3, 0.4) is 0 Å². The van der Waals surface area contributed by atoms with Crippen LogP contribution in [-0.2, 0) is 19.1 Å². The Morgan fingerprint density at radius 3 is 2.73 bits per heavy atom. The number of hydrogen-bond donors (Lipinski definition) is 1. The first-order valence-corrected chi connectivity index (χ1v) is 9.73. The second kappa shape index (κ2) is 7.56. The van der Waals surface area contributed by atoms with E-state index in [1.807, 2.05) is 0 Å². The zero-order valence-corrected chi connectivity index (χ0v) is 16.4. The Labute approximate surface area is 172 Å². The normalized spacial score (nSPS) is 13.8. The Kier molecular flexibility index (Phi) is 5.06. The molecule has 0 spiro atoms. The molecule has 4 rings (SSSR count). The number of thiazole rings is 1. The molecule has 0 radical (unpaired) electrons. The number of nitrogens with one attached hydrogen (secondary N) is 1. The fourth-order valence-electron chi connectivity index (χ4n) is 3.14. The third-order valence-corrected chi connectivity index (χ3v) is 5.56. The molecule has 0 unspecified atom stereocenters. The van der Waals surface area contributed by atoms with Crippen molar-refractivity contribution < 1.29 is 27.3 Å². The Morgan fingerprint density at radius 2 is 2.03 bits per heavy atom. The van der Waals surface area contributed by atoms with E-state index < -0.39 is 23.6 Å². The van der Waals surface area contributed by atoms with E-state index in [0.29, 0.717) is 27.9 Å². The average molecular weight is 436 g/mol. The number of amides is 2. The monoisotopic (exact) mass is 436 g/mol. The summed E-state index contributed by atoms with van der Waals surface area (Å²) < 4.78 is 44.6. The number of alkyl halides is 3. The average Bonchev–Trinajstić information content (AvgIpc) is 3.31. The molecule has 1 aromatic carbocycles. The maximum atomic E-state index is 13.3. The Hall–Kier alpha value is -3.21. The Morgan fingerprint density at radius 1 is 1.27 bits per heavy atom. The molecule has 0 fully saturated rings. The van der Waals surface area contributed by atoms with Crippen molar-refractivity contribution in [2.75, 3.05) is 11.9 Å². The predicted molar refractivity (Wildman–Crippen MR) is 101 cm³/mol. The number of fused-ring (bicyclic) bond motifs is 1. The molecule has 1 N–H and O–H groups in total. The fraction of sp³-hybridized carbons (Fsp3) is 0.263. The number of carbonyl (C=O) groups excluding carboxylic acids is 2. The quantitative estimate of drug-likeness (QED) is 0.673. The molecule has 0 atom stereocenters. The van der Waals surface area contributed by atoms with Gasteiger partial charge in [0.1, 0.15) is 5.76 Å². The van der Waals surface area contributed by atoms with Gasteiger partial charge in [-0.2, -0.15) is 13.2 Å². The largest absolute Gasteiger partial charge is 0.417 e. The zero-order chi connectivity index (χ0) is 21.5. The molecular formula is C19H15F3N4O3S. The Balaban J connectivity index is 1.51. The van der Waals surface area contributed by atoms with E-state index in [9.17, 15) is 22.8 Å². The first-order chi connectivity index (χ1) is 14.2. The van der Waals surface area contributed by atoms with Crippen LogP contribution in [0.2, 0.25) is 0 Å². The lowest BCUT2D eigenvalue weighted by Crippen LogP contribution is -2.36. The summed E-state index contributed by atoms with van der Waals surface area (Å²) in [6.07, 6.45) is -4.24. The van der Waals surface area contributed by atoms with E-state index in [-0.39, 0.29) is 24.3 Å². The summed E-state index contributed by atoms with van der Waals surface area (Å²) in [6, 6.07) is 6.22. The number of benzene rings is 1. The van der Waals surface area contributed by atoms with Gasteiger partial charge in [-0.3, -0.25) is 14.9 Å². The van der Waals surface area contributed by atoms with E-state index >= 15 is 0 Å². The number of nitrogens with zero attached hydrogens (tertiary/aromatic N) is 3. The van der Waals surface area contributed by atoms with Gasteiger partial charge in [-0.05, 0) is 19.1 Å². The zero-order valence-electron chi connectivity index (χ0n) is 15.6. The van der Waals surface area contributed by atoms with E-state index in [2.05, 4.69) is 15.5 Å². The van der Waals surface area contributed by atoms with Crippen molar-refractivity contribution in [1.82, 2.24) is 15.0 Å². The van der Waals surface area contributed by atoms with E-state index in [1.165, 1.54) is 40.5 Å². The molecule has 3 aromatic rings. The second-order valence-corrected chi connectivity index (χ2v) is 7.77. The molecular weight excluding hydrogens is 421 g/mol. The summed E-state index contributed by atoms with van der Waals surface area (Å²) in [5.41, 5.74) is -0.519. The number of rotatable bonds is 3. The lowest BCUT2D eigenvalue weighted by molar-refractivity contribution is -0.138. The van der Waals surface area contributed by atoms with Gasteiger partial charge < -0.3 is 9.42 Å². The molecule has 0 bridgehead atoms. The number of halogens is 3. The highest BCUT2D eigenvalue weighted by molar-refractivity contribution is 7.15. The SMILES string of the molecule is Cc1cc(C(=O)Nc2nc3c(s2)CN(C(=O)c2ccccc2C(F)(F)F)CC3)no1. The van der Waals surface area contributed by atoms with Crippen molar-refractivity contribution >= 4 is 28.3 Å². The molecule has 156 valence electrons. The molecule has 7 nitrogen and oxygen atoms in total.